The molecule has 2 amide bonds. The molecule has 0 saturated carbocycles. The molecular weight excluding hydrogens is 320 g/mol. The van der Waals surface area contributed by atoms with Crippen LogP contribution >= 0.6 is 0 Å². The molecule has 6 nitrogen and oxygen atoms in total. The minimum Gasteiger partial charge on any atom is -0.504 e. The van der Waals surface area contributed by atoms with Gasteiger partial charge in [-0.1, -0.05) is 24.8 Å². The molecular formula is C19H22N2O4. The molecule has 2 rings (SSSR count). The molecule has 2 aromatic rings. The van der Waals surface area contributed by atoms with Gasteiger partial charge in [-0.3, -0.25) is 0 Å². The fraction of sp³-hybridized carbons (Fsp3) is 0.211. The van der Waals surface area contributed by atoms with Crippen LogP contribution in [-0.4, -0.2) is 24.9 Å². The number of hydrogen-bond donors (Lipinski definition) is 3. The van der Waals surface area contributed by atoms with Crippen molar-refractivity contribution in [1.82, 2.24) is 5.32 Å². The number of carbonyl (C=O) groups is 1. The van der Waals surface area contributed by atoms with Crippen molar-refractivity contribution in [2.45, 2.75) is 13.5 Å². The van der Waals surface area contributed by atoms with Gasteiger partial charge in [-0.05, 0) is 30.7 Å². The van der Waals surface area contributed by atoms with E-state index in [9.17, 15) is 9.90 Å². The van der Waals surface area contributed by atoms with E-state index in [4.69, 9.17) is 9.47 Å². The number of anilines is 1. The molecule has 0 fully saturated rings. The molecule has 0 aliphatic carbocycles. The van der Waals surface area contributed by atoms with Gasteiger partial charge in [-0.2, -0.15) is 0 Å². The fourth-order valence-corrected chi connectivity index (χ4v) is 2.10. The Hall–Kier alpha value is -3.15. The second-order valence-corrected chi connectivity index (χ2v) is 5.55. The van der Waals surface area contributed by atoms with Crippen molar-refractivity contribution < 1.29 is 19.4 Å². The summed E-state index contributed by atoms with van der Waals surface area (Å²) >= 11 is 0. The Morgan fingerprint density at radius 1 is 1.24 bits per heavy atom. The highest BCUT2D eigenvalue weighted by Gasteiger charge is 2.09. The Morgan fingerprint density at radius 3 is 2.72 bits per heavy atom. The molecule has 0 atom stereocenters. The Labute approximate surface area is 147 Å². The number of phenols is 1. The molecule has 0 spiro atoms. The zero-order valence-corrected chi connectivity index (χ0v) is 14.3. The Kier molecular flexibility index (Phi) is 6.28. The molecule has 132 valence electrons. The molecule has 0 saturated heterocycles. The number of urea groups is 1. The number of phenolic OH excluding ortho intramolecular Hbond substituents is 1. The first-order valence-corrected chi connectivity index (χ1v) is 7.76. The van der Waals surface area contributed by atoms with Crippen LogP contribution in [0.15, 0.2) is 54.6 Å². The van der Waals surface area contributed by atoms with Crippen molar-refractivity contribution in [2.75, 3.05) is 19.0 Å². The molecule has 0 radical (unpaired) electrons. The molecule has 0 bridgehead atoms. The largest absolute Gasteiger partial charge is 0.504 e. The van der Waals surface area contributed by atoms with E-state index >= 15 is 0 Å². The fourth-order valence-electron chi connectivity index (χ4n) is 2.10. The van der Waals surface area contributed by atoms with Crippen LogP contribution in [-0.2, 0) is 6.54 Å². The van der Waals surface area contributed by atoms with Crippen LogP contribution in [0.25, 0.3) is 0 Å². The summed E-state index contributed by atoms with van der Waals surface area (Å²) in [5.74, 6) is 1.02. The lowest BCUT2D eigenvalue weighted by Crippen LogP contribution is -2.28. The van der Waals surface area contributed by atoms with Crippen molar-refractivity contribution >= 4 is 11.7 Å². The Bertz CT molecular complexity index is 759. The lowest BCUT2D eigenvalue weighted by atomic mass is 10.2. The van der Waals surface area contributed by atoms with Crippen LogP contribution in [0.4, 0.5) is 10.5 Å². The van der Waals surface area contributed by atoms with Gasteiger partial charge in [0.2, 0.25) is 0 Å². The van der Waals surface area contributed by atoms with Crippen LogP contribution < -0.4 is 20.1 Å². The highest BCUT2D eigenvalue weighted by atomic mass is 16.5. The molecule has 6 heteroatoms. The van der Waals surface area contributed by atoms with Crippen molar-refractivity contribution in [3.8, 4) is 17.2 Å². The molecule has 0 aliphatic rings. The van der Waals surface area contributed by atoms with E-state index in [0.717, 1.165) is 5.57 Å². The average Bonchev–Trinajstić information content (AvgIpc) is 2.59. The third kappa shape index (κ3) is 5.46. The number of nitrogens with one attached hydrogen (secondary N) is 2. The first-order chi connectivity index (χ1) is 12.0. The predicted molar refractivity (Wildman–Crippen MR) is 97.3 cm³/mol. The number of para-hydroxylation sites is 1. The summed E-state index contributed by atoms with van der Waals surface area (Å²) in [4.78, 5) is 12.0. The van der Waals surface area contributed by atoms with E-state index in [-0.39, 0.29) is 18.3 Å². The third-order valence-electron chi connectivity index (χ3n) is 3.32. The zero-order valence-electron chi connectivity index (χ0n) is 14.3. The van der Waals surface area contributed by atoms with Crippen LogP contribution in [0.5, 0.6) is 17.2 Å². The number of rotatable bonds is 7. The van der Waals surface area contributed by atoms with Gasteiger partial charge in [-0.25, -0.2) is 4.79 Å². The maximum Gasteiger partial charge on any atom is 0.319 e. The third-order valence-corrected chi connectivity index (χ3v) is 3.32. The quantitative estimate of drug-likeness (QED) is 0.671. The second-order valence-electron chi connectivity index (χ2n) is 5.55. The van der Waals surface area contributed by atoms with Crippen molar-refractivity contribution in [1.29, 1.82) is 0 Å². The normalized spacial score (nSPS) is 10.0. The SMILES string of the molecule is C=C(C)COc1cccc(NC(=O)NCc2cccc(OC)c2O)c1. The Balaban J connectivity index is 1.92. The number of hydrogen-bond acceptors (Lipinski definition) is 4. The number of carbonyl (C=O) groups excluding carboxylic acids is 1. The molecule has 0 heterocycles. The standard InChI is InChI=1S/C19H22N2O4/c1-13(2)12-25-16-8-5-7-15(10-16)21-19(23)20-11-14-6-4-9-17(24-3)18(14)22/h4-10,22H,1,11-12H2,2-3H3,(H2,20,21,23). The van der Waals surface area contributed by atoms with E-state index in [1.54, 1.807) is 42.5 Å². The lowest BCUT2D eigenvalue weighted by molar-refractivity contribution is 0.251. The number of amides is 2. The second kappa shape index (κ2) is 8.63. The molecule has 0 unspecified atom stereocenters. The smallest absolute Gasteiger partial charge is 0.319 e. The Morgan fingerprint density at radius 2 is 2.00 bits per heavy atom. The summed E-state index contributed by atoms with van der Waals surface area (Å²) < 4.78 is 10.6. The van der Waals surface area contributed by atoms with Gasteiger partial charge in [0.15, 0.2) is 11.5 Å². The highest BCUT2D eigenvalue weighted by Crippen LogP contribution is 2.29. The van der Waals surface area contributed by atoms with E-state index in [2.05, 4.69) is 17.2 Å². The van der Waals surface area contributed by atoms with Crippen molar-refractivity contribution in [3.63, 3.8) is 0 Å². The summed E-state index contributed by atoms with van der Waals surface area (Å²) in [6, 6.07) is 11.8. The van der Waals surface area contributed by atoms with E-state index < -0.39 is 0 Å². The van der Waals surface area contributed by atoms with Gasteiger partial charge >= 0.3 is 6.03 Å². The average molecular weight is 342 g/mol. The molecule has 25 heavy (non-hydrogen) atoms. The van der Waals surface area contributed by atoms with Crippen LogP contribution in [0, 0.1) is 0 Å². The van der Waals surface area contributed by atoms with E-state index in [1.807, 2.05) is 6.92 Å². The van der Waals surface area contributed by atoms with Crippen molar-refractivity contribution in [3.05, 3.63) is 60.2 Å². The van der Waals surface area contributed by atoms with Crippen LogP contribution in [0.1, 0.15) is 12.5 Å². The van der Waals surface area contributed by atoms with Crippen LogP contribution in [0.2, 0.25) is 0 Å². The number of ether oxygens (including phenoxy) is 2. The monoisotopic (exact) mass is 342 g/mol. The minimum atomic E-state index is -0.390. The van der Waals surface area contributed by atoms with E-state index in [0.29, 0.717) is 29.4 Å². The molecule has 2 aromatic carbocycles. The molecule has 0 aliphatic heterocycles. The molecule has 3 N–H and O–H groups in total. The summed E-state index contributed by atoms with van der Waals surface area (Å²) in [6.45, 7) is 6.25. The number of benzene rings is 2. The molecule has 0 aromatic heterocycles. The highest BCUT2D eigenvalue weighted by molar-refractivity contribution is 5.89. The van der Waals surface area contributed by atoms with Gasteiger partial charge in [0.05, 0.1) is 7.11 Å². The summed E-state index contributed by atoms with van der Waals surface area (Å²) in [5.41, 5.74) is 2.08. The van der Waals surface area contributed by atoms with Crippen molar-refractivity contribution in [2.24, 2.45) is 0 Å². The maximum absolute atomic E-state index is 12.0. The zero-order chi connectivity index (χ0) is 18.2. The van der Waals surface area contributed by atoms with E-state index in [1.165, 1.54) is 7.11 Å². The summed E-state index contributed by atoms with van der Waals surface area (Å²) in [6.07, 6.45) is 0. The first kappa shape index (κ1) is 18.2. The van der Waals surface area contributed by atoms with Gasteiger partial charge in [0.1, 0.15) is 12.4 Å². The van der Waals surface area contributed by atoms with Crippen LogP contribution in [0.3, 0.4) is 0 Å². The van der Waals surface area contributed by atoms with Gasteiger partial charge in [0, 0.05) is 23.9 Å². The first-order valence-electron chi connectivity index (χ1n) is 7.76. The predicted octanol–water partition coefficient (Wildman–Crippen LogP) is 3.68. The van der Waals surface area contributed by atoms with Gasteiger partial charge in [-0.15, -0.1) is 0 Å². The topological polar surface area (TPSA) is 79.8 Å². The van der Waals surface area contributed by atoms with Gasteiger partial charge in [0.25, 0.3) is 0 Å². The minimum absolute atomic E-state index is 0.0143. The lowest BCUT2D eigenvalue weighted by Gasteiger charge is -2.12. The summed E-state index contributed by atoms with van der Waals surface area (Å²) in [7, 11) is 1.47. The van der Waals surface area contributed by atoms with Gasteiger partial charge < -0.3 is 25.2 Å². The number of methoxy groups -OCH3 is 1. The number of aromatic hydroxyl groups is 1. The summed E-state index contributed by atoms with van der Waals surface area (Å²) in [5, 5.41) is 15.4. The maximum atomic E-state index is 12.0.